The van der Waals surface area contributed by atoms with E-state index in [1.54, 1.807) is 19.1 Å². The predicted molar refractivity (Wildman–Crippen MR) is 167 cm³/mol. The van der Waals surface area contributed by atoms with Crippen molar-refractivity contribution in [2.75, 3.05) is 5.73 Å². The minimum atomic E-state index is -1.97. The number of phenolic OH excluding ortho intramolecular Hbond substituents is 2. The van der Waals surface area contributed by atoms with E-state index in [4.69, 9.17) is 33.2 Å². The molecule has 2 aliphatic carbocycles. The quantitative estimate of drug-likeness (QED) is 0.101. The van der Waals surface area contributed by atoms with Crippen LogP contribution in [-0.4, -0.2) is 87.9 Å². The minimum Gasteiger partial charge on any atom is -0.507 e. The fourth-order valence-corrected chi connectivity index (χ4v) is 6.54. The molecule has 10 N–H and O–H groups in total. The van der Waals surface area contributed by atoms with Gasteiger partial charge in [0.2, 0.25) is 5.95 Å². The molecule has 15 nitrogen and oxygen atoms in total. The van der Waals surface area contributed by atoms with Crippen molar-refractivity contribution in [1.29, 1.82) is 0 Å². The summed E-state index contributed by atoms with van der Waals surface area (Å²) in [4.78, 5) is 52.4. The lowest BCUT2D eigenvalue weighted by atomic mass is 9.72. The molecule has 0 radical (unpaired) electrons. The third kappa shape index (κ3) is 5.48. The van der Waals surface area contributed by atoms with Crippen LogP contribution in [0.25, 0.3) is 11.2 Å². The number of hydrogen-bond acceptors (Lipinski definition) is 14. The van der Waals surface area contributed by atoms with Gasteiger partial charge < -0.3 is 51.3 Å². The number of anilines is 1. The highest BCUT2D eigenvalue weighted by atomic mass is 32.1. The third-order valence-corrected chi connectivity index (χ3v) is 9.11. The molecule has 6 atom stereocenters. The number of aromatic amines is 2. The van der Waals surface area contributed by atoms with Crippen molar-refractivity contribution < 1.29 is 44.3 Å². The number of carbonyl (C=O) groups excluding carboxylic acids is 3. The smallest absolute Gasteiger partial charge is 0.200 e. The normalized spacial score (nSPS) is 26.5. The van der Waals surface area contributed by atoms with Crippen molar-refractivity contribution in [2.45, 2.75) is 69.4 Å². The molecular formula is C31H32N6O9S. The van der Waals surface area contributed by atoms with Gasteiger partial charge >= 0.3 is 0 Å². The number of nitrogens with zero attached hydrogens (tertiary/aromatic N) is 2. The summed E-state index contributed by atoms with van der Waals surface area (Å²) in [5.74, 6) is -2.77. The van der Waals surface area contributed by atoms with Crippen LogP contribution in [0.1, 0.15) is 75.8 Å². The van der Waals surface area contributed by atoms with Crippen molar-refractivity contribution in [3.8, 4) is 11.5 Å². The maximum atomic E-state index is 13.3. The first-order chi connectivity index (χ1) is 22.2. The number of nitrogens with two attached hydrogens (primary N) is 2. The molecule has 0 spiro atoms. The Kier molecular flexibility index (Phi) is 8.19. The maximum absolute atomic E-state index is 13.3. The molecular weight excluding hydrogens is 632 g/mol. The number of H-pyrrole nitrogens is 2. The van der Waals surface area contributed by atoms with Gasteiger partial charge in [0.05, 0.1) is 35.8 Å². The number of benzene rings is 2. The molecule has 7 rings (SSSR count). The fraction of sp³-hybridized carbons (Fsp3) is 0.355. The number of carbonyl (C=O) groups is 3. The average Bonchev–Trinajstić information content (AvgIpc) is 3.49. The van der Waals surface area contributed by atoms with Crippen LogP contribution in [0.4, 0.5) is 5.95 Å². The van der Waals surface area contributed by atoms with Crippen LogP contribution in [0.3, 0.4) is 0 Å². The van der Waals surface area contributed by atoms with E-state index in [0.29, 0.717) is 15.8 Å². The lowest BCUT2D eigenvalue weighted by Crippen LogP contribution is -2.52. The zero-order valence-corrected chi connectivity index (χ0v) is 26.0. The summed E-state index contributed by atoms with van der Waals surface area (Å²) in [7, 11) is 0. The zero-order valence-electron chi connectivity index (χ0n) is 25.2. The molecule has 2 aromatic heterocycles. The second-order valence-electron chi connectivity index (χ2n) is 11.9. The standard InChI is InChI=1S/C26H27NO9.C5H5N5S/c1-10-21(29)15(27)7-17(35-10)36-16-9-26(34,11(2)28)8-14-18(16)25(33)20-19(24(14)32)22(30)12-5-3-4-6-13(12)23(20)31;6-5-9-3-2(4(11)10-5)7-1-8-3/h3-6,10,15-17,21,29,32-34H,7-9,27H2,1-2H3;1H,(H4,6,7,8,9,10,11)/t10-,15-,16-,17-,21+,26-;/m0./s1. The number of aliphatic hydroxyl groups excluding tert-OH is 1. The highest BCUT2D eigenvalue weighted by molar-refractivity contribution is 7.71. The van der Waals surface area contributed by atoms with Crippen molar-refractivity contribution >= 4 is 46.7 Å². The molecule has 4 aromatic rings. The Hall–Kier alpha value is -4.58. The van der Waals surface area contributed by atoms with Crippen LogP contribution in [0.15, 0.2) is 30.6 Å². The Morgan fingerprint density at radius 2 is 1.79 bits per heavy atom. The molecule has 1 aliphatic heterocycles. The molecule has 0 saturated carbocycles. The number of fused-ring (bicyclic) bond motifs is 4. The summed E-state index contributed by atoms with van der Waals surface area (Å²) in [5, 5.41) is 43.8. The van der Waals surface area contributed by atoms with Gasteiger partial charge in [0.25, 0.3) is 0 Å². The molecule has 3 aliphatic rings. The van der Waals surface area contributed by atoms with Gasteiger partial charge in [-0.25, -0.2) is 9.97 Å². The van der Waals surface area contributed by atoms with E-state index in [1.807, 2.05) is 0 Å². The van der Waals surface area contributed by atoms with E-state index in [9.17, 15) is 34.8 Å². The van der Waals surface area contributed by atoms with Gasteiger partial charge in [0, 0.05) is 47.6 Å². The summed E-state index contributed by atoms with van der Waals surface area (Å²) in [5.41, 5.74) is 10.1. The molecule has 0 amide bonds. The van der Waals surface area contributed by atoms with Crippen LogP contribution >= 0.6 is 12.2 Å². The first kappa shape index (κ1) is 32.4. The van der Waals surface area contributed by atoms with Gasteiger partial charge in [-0.05, 0) is 13.8 Å². The van der Waals surface area contributed by atoms with E-state index < -0.39 is 71.5 Å². The second kappa shape index (κ2) is 11.9. The van der Waals surface area contributed by atoms with Crippen LogP contribution in [-0.2, 0) is 20.7 Å². The topological polar surface area (TPSA) is 260 Å². The Labute approximate surface area is 271 Å². The number of nitrogens with one attached hydrogen (secondary N) is 2. The Morgan fingerprint density at radius 3 is 2.40 bits per heavy atom. The van der Waals surface area contributed by atoms with Crippen LogP contribution < -0.4 is 11.5 Å². The highest BCUT2D eigenvalue weighted by Crippen LogP contribution is 2.52. The number of ketones is 3. The average molecular weight is 665 g/mol. The van der Waals surface area contributed by atoms with Crippen LogP contribution in [0.5, 0.6) is 11.5 Å². The Balaban J connectivity index is 0.000000295. The Bertz CT molecular complexity index is 2000. The zero-order chi connectivity index (χ0) is 33.9. The molecule has 47 heavy (non-hydrogen) atoms. The molecule has 0 unspecified atom stereocenters. The summed E-state index contributed by atoms with van der Waals surface area (Å²) in [6, 6.07) is 5.40. The van der Waals surface area contributed by atoms with E-state index in [2.05, 4.69) is 19.9 Å². The number of aromatic hydroxyl groups is 2. The van der Waals surface area contributed by atoms with Crippen LogP contribution in [0.2, 0.25) is 0 Å². The van der Waals surface area contributed by atoms with Gasteiger partial charge in [-0.1, -0.05) is 36.5 Å². The number of phenols is 2. The van der Waals surface area contributed by atoms with E-state index >= 15 is 0 Å². The lowest BCUT2D eigenvalue weighted by molar-refractivity contribution is -0.247. The number of aliphatic hydroxyl groups is 2. The van der Waals surface area contributed by atoms with Crippen molar-refractivity contribution in [1.82, 2.24) is 19.9 Å². The number of hydrogen-bond donors (Lipinski definition) is 8. The Morgan fingerprint density at radius 1 is 1.15 bits per heavy atom. The number of nitrogen functional groups attached to an aromatic ring is 1. The SMILES string of the molecule is CC(=O)[C@]1(O)Cc2c(O)c3c(c(O)c2[C@@H](O[C@H]2C[C@H](N)[C@H](O)[C@H](C)O2)C1)C(=O)c1ccccc1C3=O.Nc1nc(=S)c2[nH]cnc2[nH]1. The van der Waals surface area contributed by atoms with E-state index in [1.165, 1.54) is 25.4 Å². The summed E-state index contributed by atoms with van der Waals surface area (Å²) >= 11 is 4.91. The second-order valence-corrected chi connectivity index (χ2v) is 12.2. The number of Topliss-reactive ketones (excluding diaryl/α,β-unsaturated/α-hetero) is 1. The first-order valence-electron chi connectivity index (χ1n) is 14.7. The molecule has 3 heterocycles. The predicted octanol–water partition coefficient (Wildman–Crippen LogP) is 1.62. The van der Waals surface area contributed by atoms with Gasteiger partial charge in [0.1, 0.15) is 22.6 Å². The van der Waals surface area contributed by atoms with E-state index in [0.717, 1.165) is 0 Å². The van der Waals surface area contributed by atoms with Crippen LogP contribution in [0, 0.1) is 4.64 Å². The fourth-order valence-electron chi connectivity index (χ4n) is 6.29. The molecule has 246 valence electrons. The summed E-state index contributed by atoms with van der Waals surface area (Å²) in [6.45, 7) is 2.80. The third-order valence-electron chi connectivity index (χ3n) is 8.82. The first-order valence-corrected chi connectivity index (χ1v) is 15.1. The number of aromatic nitrogens is 4. The lowest BCUT2D eigenvalue weighted by Gasteiger charge is -2.42. The summed E-state index contributed by atoms with van der Waals surface area (Å²) < 4.78 is 12.2. The van der Waals surface area contributed by atoms with Crippen molar-refractivity contribution in [3.05, 3.63) is 68.6 Å². The van der Waals surface area contributed by atoms with Crippen molar-refractivity contribution in [2.24, 2.45) is 5.73 Å². The summed E-state index contributed by atoms with van der Waals surface area (Å²) in [6.07, 6.45) is -2.84. The largest absolute Gasteiger partial charge is 0.507 e. The molecule has 1 saturated heterocycles. The molecule has 16 heteroatoms. The van der Waals surface area contributed by atoms with E-state index in [-0.39, 0.29) is 52.2 Å². The number of ether oxygens (including phenoxy) is 2. The van der Waals surface area contributed by atoms with Gasteiger partial charge in [-0.3, -0.25) is 14.4 Å². The van der Waals surface area contributed by atoms with Gasteiger partial charge in [-0.2, -0.15) is 0 Å². The van der Waals surface area contributed by atoms with Gasteiger partial charge in [-0.15, -0.1) is 0 Å². The maximum Gasteiger partial charge on any atom is 0.200 e. The molecule has 0 bridgehead atoms. The van der Waals surface area contributed by atoms with Crippen molar-refractivity contribution in [3.63, 3.8) is 0 Å². The monoisotopic (exact) mass is 664 g/mol. The number of rotatable bonds is 3. The molecule has 2 aromatic carbocycles. The molecule has 1 fully saturated rings. The van der Waals surface area contributed by atoms with Gasteiger partial charge in [0.15, 0.2) is 33.9 Å². The number of imidazole rings is 1. The highest BCUT2D eigenvalue weighted by Gasteiger charge is 2.49. The minimum absolute atomic E-state index is 0.00588.